The van der Waals surface area contributed by atoms with E-state index >= 15 is 0 Å². The Labute approximate surface area is 179 Å². The fourth-order valence-corrected chi connectivity index (χ4v) is 4.55. The van der Waals surface area contributed by atoms with Crippen LogP contribution in [0.4, 0.5) is 5.82 Å². The van der Waals surface area contributed by atoms with Crippen LogP contribution in [0.5, 0.6) is 0 Å². The van der Waals surface area contributed by atoms with Crippen molar-refractivity contribution in [1.82, 2.24) is 24.7 Å². The second-order valence-corrected chi connectivity index (χ2v) is 9.02. The molecule has 1 aromatic carbocycles. The Bertz CT molecular complexity index is 1130. The minimum atomic E-state index is -3.76. The Morgan fingerprint density at radius 1 is 1.00 bits per heavy atom. The lowest BCUT2D eigenvalue weighted by molar-refractivity contribution is 0.583. The third kappa shape index (κ3) is 5.05. The number of hydrogen-bond donors (Lipinski definition) is 2. The van der Waals surface area contributed by atoms with Crippen LogP contribution < -0.4 is 10.0 Å². The van der Waals surface area contributed by atoms with Crippen molar-refractivity contribution in [2.75, 3.05) is 18.4 Å². The lowest BCUT2D eigenvalue weighted by atomic mass is 10.2. The monoisotopic (exact) mass is 454 g/mol. The predicted octanol–water partition coefficient (Wildman–Crippen LogP) is 3.28. The highest BCUT2D eigenvalue weighted by Gasteiger charge is 2.18. The number of hydrogen-bond acceptors (Lipinski definition) is 6. The number of rotatable bonds is 7. The smallest absolute Gasteiger partial charge is 0.242 e. The summed E-state index contributed by atoms with van der Waals surface area (Å²) in [5.74, 6) is 1.13. The average Bonchev–Trinajstić information content (AvgIpc) is 3.00. The molecule has 2 N–H and O–H groups in total. The predicted molar refractivity (Wildman–Crippen MR) is 114 cm³/mol. The fourth-order valence-electron chi connectivity index (χ4n) is 2.68. The van der Waals surface area contributed by atoms with Crippen LogP contribution in [0, 0.1) is 20.8 Å². The van der Waals surface area contributed by atoms with E-state index in [2.05, 4.69) is 25.3 Å². The Hall–Kier alpha value is -2.20. The summed E-state index contributed by atoms with van der Waals surface area (Å²) in [6.45, 7) is 6.02. The number of nitrogens with zero attached hydrogens (tertiary/aromatic N) is 4. The van der Waals surface area contributed by atoms with E-state index in [0.29, 0.717) is 28.8 Å². The zero-order valence-electron chi connectivity index (χ0n) is 16.1. The second-order valence-electron chi connectivity index (χ2n) is 6.47. The fraction of sp³-hybridized carbons (Fsp3) is 0.278. The van der Waals surface area contributed by atoms with Crippen LogP contribution in [0.2, 0.25) is 10.0 Å². The second kappa shape index (κ2) is 8.66. The maximum atomic E-state index is 12.5. The molecule has 0 fully saturated rings. The van der Waals surface area contributed by atoms with Gasteiger partial charge in [-0.15, -0.1) is 10.2 Å². The van der Waals surface area contributed by atoms with Gasteiger partial charge in [-0.1, -0.05) is 23.2 Å². The van der Waals surface area contributed by atoms with Gasteiger partial charge in [-0.25, -0.2) is 17.8 Å². The first-order chi connectivity index (χ1) is 13.7. The molecule has 0 radical (unpaired) electrons. The van der Waals surface area contributed by atoms with E-state index in [1.807, 2.05) is 19.9 Å². The van der Waals surface area contributed by atoms with Crippen molar-refractivity contribution < 1.29 is 8.42 Å². The maximum Gasteiger partial charge on any atom is 0.242 e. The number of nitrogens with one attached hydrogen (secondary N) is 2. The molecular weight excluding hydrogens is 435 g/mol. The van der Waals surface area contributed by atoms with Gasteiger partial charge in [0.05, 0.1) is 10.7 Å². The first-order valence-electron chi connectivity index (χ1n) is 8.74. The molecule has 11 heteroatoms. The van der Waals surface area contributed by atoms with Crippen LogP contribution in [0.25, 0.3) is 5.82 Å². The topological polar surface area (TPSA) is 102 Å². The van der Waals surface area contributed by atoms with Crippen LogP contribution in [0.1, 0.15) is 17.0 Å². The largest absolute Gasteiger partial charge is 0.367 e. The molecule has 0 saturated carbocycles. The highest BCUT2D eigenvalue weighted by molar-refractivity contribution is 7.89. The van der Waals surface area contributed by atoms with Crippen LogP contribution in [-0.2, 0) is 10.0 Å². The number of halogens is 2. The minimum absolute atomic E-state index is 0.00454. The molecule has 0 aliphatic carbocycles. The molecule has 0 atom stereocenters. The molecule has 8 nitrogen and oxygen atoms in total. The molecule has 2 heterocycles. The molecule has 0 amide bonds. The van der Waals surface area contributed by atoms with E-state index in [1.165, 1.54) is 12.1 Å². The molecule has 154 valence electrons. The van der Waals surface area contributed by atoms with Crippen molar-refractivity contribution in [2.45, 2.75) is 25.7 Å². The molecule has 3 aromatic rings. The van der Waals surface area contributed by atoms with Crippen molar-refractivity contribution in [3.05, 3.63) is 57.3 Å². The van der Waals surface area contributed by atoms with Crippen LogP contribution >= 0.6 is 23.2 Å². The summed E-state index contributed by atoms with van der Waals surface area (Å²) >= 11 is 12.0. The molecule has 0 aliphatic rings. The van der Waals surface area contributed by atoms with Crippen molar-refractivity contribution in [3.63, 3.8) is 0 Å². The number of anilines is 1. The number of benzene rings is 1. The zero-order valence-corrected chi connectivity index (χ0v) is 18.4. The molecule has 0 aliphatic heterocycles. The van der Waals surface area contributed by atoms with Gasteiger partial charge in [0, 0.05) is 23.8 Å². The number of aromatic nitrogens is 4. The standard InChI is InChI=1S/C18H20Cl2N6O2S/c1-11-8-16(15(20)10-14(11)19)29(27,28)22-7-6-21-17-4-5-18(24-23-17)26-13(3)9-12(2)25-26/h4-5,8-10,22H,6-7H2,1-3H3,(H,21,23). The Kier molecular flexibility index (Phi) is 6.42. The van der Waals surface area contributed by atoms with Gasteiger partial charge in [0.1, 0.15) is 10.7 Å². The van der Waals surface area contributed by atoms with Crippen molar-refractivity contribution in [3.8, 4) is 5.82 Å². The SMILES string of the molecule is Cc1cc(C)n(-c2ccc(NCCNS(=O)(=O)c3cc(C)c(Cl)cc3Cl)nn2)n1. The summed E-state index contributed by atoms with van der Waals surface area (Å²) < 4.78 is 29.1. The van der Waals surface area contributed by atoms with Gasteiger partial charge in [0.25, 0.3) is 0 Å². The van der Waals surface area contributed by atoms with E-state index in [-0.39, 0.29) is 16.5 Å². The van der Waals surface area contributed by atoms with E-state index in [4.69, 9.17) is 23.2 Å². The van der Waals surface area contributed by atoms with Gasteiger partial charge in [0.15, 0.2) is 5.82 Å². The lowest BCUT2D eigenvalue weighted by Gasteiger charge is -2.11. The van der Waals surface area contributed by atoms with Gasteiger partial charge in [-0.05, 0) is 56.7 Å². The van der Waals surface area contributed by atoms with Crippen molar-refractivity contribution >= 4 is 39.0 Å². The molecule has 29 heavy (non-hydrogen) atoms. The minimum Gasteiger partial charge on any atom is -0.367 e. The molecule has 0 bridgehead atoms. The molecule has 2 aromatic heterocycles. The molecule has 0 unspecified atom stereocenters. The summed E-state index contributed by atoms with van der Waals surface area (Å²) in [5.41, 5.74) is 2.49. The summed E-state index contributed by atoms with van der Waals surface area (Å²) in [7, 11) is -3.76. The van der Waals surface area contributed by atoms with E-state index < -0.39 is 10.0 Å². The molecule has 0 spiro atoms. The van der Waals surface area contributed by atoms with Gasteiger partial charge in [-0.2, -0.15) is 5.10 Å². The van der Waals surface area contributed by atoms with E-state index in [0.717, 1.165) is 11.4 Å². The summed E-state index contributed by atoms with van der Waals surface area (Å²) in [4.78, 5) is -0.00454. The Balaban J connectivity index is 1.58. The lowest BCUT2D eigenvalue weighted by Crippen LogP contribution is -2.29. The van der Waals surface area contributed by atoms with Crippen LogP contribution in [-0.4, -0.2) is 41.5 Å². The molecular formula is C18H20Cl2N6O2S. The van der Waals surface area contributed by atoms with Crippen LogP contribution in [0.15, 0.2) is 35.2 Å². The Morgan fingerprint density at radius 2 is 1.76 bits per heavy atom. The van der Waals surface area contributed by atoms with Gasteiger partial charge in [0.2, 0.25) is 10.0 Å². The first kappa shape index (κ1) is 21.5. The summed E-state index contributed by atoms with van der Waals surface area (Å²) in [6.07, 6.45) is 0. The van der Waals surface area contributed by atoms with Gasteiger partial charge >= 0.3 is 0 Å². The first-order valence-corrected chi connectivity index (χ1v) is 11.0. The number of sulfonamides is 1. The summed E-state index contributed by atoms with van der Waals surface area (Å²) in [5, 5.41) is 16.1. The number of aryl methyl sites for hydroxylation is 3. The average molecular weight is 455 g/mol. The molecule has 3 rings (SSSR count). The molecule has 0 saturated heterocycles. The van der Waals surface area contributed by atoms with E-state index in [9.17, 15) is 8.42 Å². The zero-order chi connectivity index (χ0) is 21.2. The van der Waals surface area contributed by atoms with E-state index in [1.54, 1.807) is 23.7 Å². The third-order valence-electron chi connectivity index (χ3n) is 4.10. The highest BCUT2D eigenvalue weighted by Crippen LogP contribution is 2.27. The third-order valence-corrected chi connectivity index (χ3v) is 6.44. The normalized spacial score (nSPS) is 11.6. The van der Waals surface area contributed by atoms with Crippen LogP contribution in [0.3, 0.4) is 0 Å². The highest BCUT2D eigenvalue weighted by atomic mass is 35.5. The Morgan fingerprint density at radius 3 is 2.38 bits per heavy atom. The van der Waals surface area contributed by atoms with Gasteiger partial charge < -0.3 is 5.32 Å². The van der Waals surface area contributed by atoms with Crippen molar-refractivity contribution in [2.24, 2.45) is 0 Å². The van der Waals surface area contributed by atoms with Gasteiger partial charge in [-0.3, -0.25) is 0 Å². The van der Waals surface area contributed by atoms with Crippen molar-refractivity contribution in [1.29, 1.82) is 0 Å². The maximum absolute atomic E-state index is 12.5. The summed E-state index contributed by atoms with van der Waals surface area (Å²) in [6, 6.07) is 8.37. The quantitative estimate of drug-likeness (QED) is 0.531.